The topological polar surface area (TPSA) is 39.2 Å². The lowest BCUT2D eigenvalue weighted by Crippen LogP contribution is -2.09. The molecule has 1 aromatic heterocycles. The highest BCUT2D eigenvalue weighted by atomic mass is 19.4. The SMILES string of the molecule is CCOC(=O)c1ccc2nc(C(F)(F)F)cc(-c3ccccc3)c2c1. The molecule has 3 aromatic rings. The van der Waals surface area contributed by atoms with Gasteiger partial charge >= 0.3 is 12.1 Å². The van der Waals surface area contributed by atoms with Gasteiger partial charge in [-0.2, -0.15) is 13.2 Å². The number of rotatable bonds is 3. The van der Waals surface area contributed by atoms with E-state index in [0.717, 1.165) is 6.07 Å². The van der Waals surface area contributed by atoms with Crippen molar-refractivity contribution < 1.29 is 22.7 Å². The van der Waals surface area contributed by atoms with Gasteiger partial charge in [-0.3, -0.25) is 0 Å². The minimum atomic E-state index is -4.56. The molecule has 3 nitrogen and oxygen atoms in total. The minimum absolute atomic E-state index is 0.168. The van der Waals surface area contributed by atoms with E-state index >= 15 is 0 Å². The van der Waals surface area contributed by atoms with E-state index in [0.29, 0.717) is 16.5 Å². The van der Waals surface area contributed by atoms with Crippen LogP contribution in [0.4, 0.5) is 13.2 Å². The van der Waals surface area contributed by atoms with Gasteiger partial charge in [0.2, 0.25) is 0 Å². The molecule has 0 bridgehead atoms. The molecule has 0 unspecified atom stereocenters. The molecular formula is C19H14F3NO2. The van der Waals surface area contributed by atoms with Crippen molar-refractivity contribution >= 4 is 16.9 Å². The van der Waals surface area contributed by atoms with E-state index in [9.17, 15) is 18.0 Å². The number of carbonyl (C=O) groups is 1. The van der Waals surface area contributed by atoms with Crippen LogP contribution in [-0.4, -0.2) is 17.6 Å². The highest BCUT2D eigenvalue weighted by Gasteiger charge is 2.33. The van der Waals surface area contributed by atoms with Gasteiger partial charge < -0.3 is 4.74 Å². The summed E-state index contributed by atoms with van der Waals surface area (Å²) in [6, 6.07) is 14.0. The van der Waals surface area contributed by atoms with Gasteiger partial charge in [-0.1, -0.05) is 30.3 Å². The summed E-state index contributed by atoms with van der Waals surface area (Å²) in [6.45, 7) is 1.90. The van der Waals surface area contributed by atoms with E-state index in [1.807, 2.05) is 0 Å². The first-order chi connectivity index (χ1) is 11.9. The van der Waals surface area contributed by atoms with Crippen molar-refractivity contribution in [2.24, 2.45) is 0 Å². The molecule has 0 saturated carbocycles. The molecule has 2 aromatic carbocycles. The van der Waals surface area contributed by atoms with Crippen LogP contribution in [0.3, 0.4) is 0 Å². The molecule has 0 spiro atoms. The third-order valence-electron chi connectivity index (χ3n) is 3.70. The molecule has 0 aliphatic rings. The molecule has 0 fully saturated rings. The molecule has 128 valence electrons. The molecule has 6 heteroatoms. The normalized spacial score (nSPS) is 11.5. The molecule has 25 heavy (non-hydrogen) atoms. The van der Waals surface area contributed by atoms with Gasteiger partial charge in [0.05, 0.1) is 17.7 Å². The van der Waals surface area contributed by atoms with Crippen LogP contribution in [0, 0.1) is 0 Å². The summed E-state index contributed by atoms with van der Waals surface area (Å²) in [6.07, 6.45) is -4.56. The number of hydrogen-bond acceptors (Lipinski definition) is 3. The molecule has 0 aliphatic heterocycles. The molecule has 1 heterocycles. The first-order valence-corrected chi connectivity index (χ1v) is 7.64. The minimum Gasteiger partial charge on any atom is -0.462 e. The lowest BCUT2D eigenvalue weighted by Gasteiger charge is -2.13. The molecule has 0 saturated heterocycles. The number of carbonyl (C=O) groups excluding carboxylic acids is 1. The zero-order valence-electron chi connectivity index (χ0n) is 13.3. The van der Waals surface area contributed by atoms with Crippen LogP contribution >= 0.6 is 0 Å². The average molecular weight is 345 g/mol. The average Bonchev–Trinajstić information content (AvgIpc) is 2.60. The van der Waals surface area contributed by atoms with Crippen molar-refractivity contribution in [3.8, 4) is 11.1 Å². The summed E-state index contributed by atoms with van der Waals surface area (Å²) in [7, 11) is 0. The Morgan fingerprint density at radius 3 is 2.44 bits per heavy atom. The van der Waals surface area contributed by atoms with Crippen molar-refractivity contribution in [2.75, 3.05) is 6.61 Å². The Bertz CT molecular complexity index is 921. The van der Waals surface area contributed by atoms with Crippen molar-refractivity contribution in [2.45, 2.75) is 13.1 Å². The number of nitrogens with zero attached hydrogens (tertiary/aromatic N) is 1. The fraction of sp³-hybridized carbons (Fsp3) is 0.158. The first kappa shape index (κ1) is 17.0. The summed E-state index contributed by atoms with van der Waals surface area (Å²) < 4.78 is 44.5. The fourth-order valence-electron chi connectivity index (χ4n) is 2.57. The maximum Gasteiger partial charge on any atom is 0.433 e. The van der Waals surface area contributed by atoms with E-state index in [2.05, 4.69) is 4.98 Å². The van der Waals surface area contributed by atoms with Crippen molar-refractivity contribution in [1.29, 1.82) is 0 Å². The largest absolute Gasteiger partial charge is 0.462 e. The smallest absolute Gasteiger partial charge is 0.433 e. The molecule has 0 N–H and O–H groups in total. The number of hydrogen-bond donors (Lipinski definition) is 0. The van der Waals surface area contributed by atoms with Gasteiger partial charge in [0.25, 0.3) is 0 Å². The molecule has 0 amide bonds. The predicted octanol–water partition coefficient (Wildman–Crippen LogP) is 5.10. The second-order valence-electron chi connectivity index (χ2n) is 5.37. The van der Waals surface area contributed by atoms with Gasteiger partial charge in [0, 0.05) is 5.39 Å². The third kappa shape index (κ3) is 3.47. The van der Waals surface area contributed by atoms with E-state index < -0.39 is 17.8 Å². The number of esters is 1. The van der Waals surface area contributed by atoms with Crippen LogP contribution in [0.2, 0.25) is 0 Å². The fourth-order valence-corrected chi connectivity index (χ4v) is 2.57. The first-order valence-electron chi connectivity index (χ1n) is 7.64. The Kier molecular flexibility index (Phi) is 4.44. The summed E-state index contributed by atoms with van der Waals surface area (Å²) in [5, 5.41) is 0.463. The lowest BCUT2D eigenvalue weighted by molar-refractivity contribution is -0.140. The van der Waals surface area contributed by atoms with Gasteiger partial charge in [-0.15, -0.1) is 0 Å². The van der Waals surface area contributed by atoms with E-state index in [4.69, 9.17) is 4.74 Å². The van der Waals surface area contributed by atoms with Gasteiger partial charge in [0.15, 0.2) is 0 Å². The zero-order valence-corrected chi connectivity index (χ0v) is 13.3. The van der Waals surface area contributed by atoms with Crippen LogP contribution in [0.15, 0.2) is 54.6 Å². The van der Waals surface area contributed by atoms with Gasteiger partial charge in [-0.25, -0.2) is 9.78 Å². The monoisotopic (exact) mass is 345 g/mol. The lowest BCUT2D eigenvalue weighted by atomic mass is 9.98. The van der Waals surface area contributed by atoms with Crippen LogP contribution < -0.4 is 0 Å². The second kappa shape index (κ2) is 6.55. The summed E-state index contributed by atoms with van der Waals surface area (Å²) in [5.74, 6) is -0.525. The maximum atomic E-state index is 13.2. The van der Waals surface area contributed by atoms with E-state index in [1.54, 1.807) is 37.3 Å². The van der Waals surface area contributed by atoms with Crippen LogP contribution in [0.5, 0.6) is 0 Å². The Morgan fingerprint density at radius 1 is 1.08 bits per heavy atom. The van der Waals surface area contributed by atoms with Gasteiger partial charge in [-0.05, 0) is 42.3 Å². The highest BCUT2D eigenvalue weighted by Crippen LogP contribution is 2.35. The molecule has 0 atom stereocenters. The van der Waals surface area contributed by atoms with Crippen molar-refractivity contribution in [1.82, 2.24) is 4.98 Å². The molecule has 3 rings (SSSR count). The van der Waals surface area contributed by atoms with E-state index in [-0.39, 0.29) is 17.7 Å². The zero-order chi connectivity index (χ0) is 18.0. The molecule has 0 radical (unpaired) electrons. The quantitative estimate of drug-likeness (QED) is 0.620. The summed E-state index contributed by atoms with van der Waals surface area (Å²) >= 11 is 0. The Balaban J connectivity index is 2.27. The summed E-state index contributed by atoms with van der Waals surface area (Å²) in [4.78, 5) is 15.6. The van der Waals surface area contributed by atoms with Crippen molar-refractivity contribution in [3.05, 3.63) is 65.9 Å². The Morgan fingerprint density at radius 2 is 1.80 bits per heavy atom. The molecular weight excluding hydrogens is 331 g/mol. The predicted molar refractivity (Wildman–Crippen MR) is 88.1 cm³/mol. The van der Waals surface area contributed by atoms with Gasteiger partial charge in [0.1, 0.15) is 5.69 Å². The highest BCUT2D eigenvalue weighted by molar-refractivity contribution is 6.00. The number of halogens is 3. The maximum absolute atomic E-state index is 13.2. The van der Waals surface area contributed by atoms with Crippen LogP contribution in [-0.2, 0) is 10.9 Å². The number of ether oxygens (including phenoxy) is 1. The second-order valence-corrected chi connectivity index (χ2v) is 5.37. The molecule has 0 aliphatic carbocycles. The van der Waals surface area contributed by atoms with Crippen LogP contribution in [0.25, 0.3) is 22.0 Å². The number of alkyl halides is 3. The Hall–Kier alpha value is -2.89. The number of pyridine rings is 1. The van der Waals surface area contributed by atoms with E-state index in [1.165, 1.54) is 18.2 Å². The number of fused-ring (bicyclic) bond motifs is 1. The van der Waals surface area contributed by atoms with Crippen LogP contribution in [0.1, 0.15) is 23.0 Å². The van der Waals surface area contributed by atoms with Crippen molar-refractivity contribution in [3.63, 3.8) is 0 Å². The standard InChI is InChI=1S/C19H14F3NO2/c1-2-25-18(24)13-8-9-16-15(10-13)14(12-6-4-3-5-7-12)11-17(23-16)19(20,21)22/h3-11H,2H2,1H3. The Labute approximate surface area is 142 Å². The number of aromatic nitrogens is 1. The number of benzene rings is 2. The summed E-state index contributed by atoms with van der Waals surface area (Å²) in [5.41, 5.74) is 0.447. The third-order valence-corrected chi connectivity index (χ3v) is 3.70.